The number of furan rings is 1. The minimum absolute atomic E-state index is 0.00955. The van der Waals surface area contributed by atoms with Gasteiger partial charge in [0.25, 0.3) is 11.8 Å². The van der Waals surface area contributed by atoms with Gasteiger partial charge in [-0.15, -0.1) is 0 Å². The number of ketones is 1. The highest BCUT2D eigenvalue weighted by molar-refractivity contribution is 6.14. The fraction of sp³-hybridized carbons (Fsp3) is 0.400. The number of benzene rings is 1. The summed E-state index contributed by atoms with van der Waals surface area (Å²) < 4.78 is 49.0. The van der Waals surface area contributed by atoms with Crippen molar-refractivity contribution in [2.24, 2.45) is 5.41 Å². The van der Waals surface area contributed by atoms with Crippen LogP contribution in [0.25, 0.3) is 0 Å². The molecule has 1 aromatic carbocycles. The second kappa shape index (κ2) is 8.45. The molecule has 1 aliphatic heterocycles. The summed E-state index contributed by atoms with van der Waals surface area (Å²) in [6.45, 7) is 3.54. The Bertz CT molecular complexity index is 1140. The molecular weight excluding hydrogens is 449 g/mol. The molecule has 9 heteroatoms. The second-order valence-electron chi connectivity index (χ2n) is 9.49. The van der Waals surface area contributed by atoms with Crippen molar-refractivity contribution in [1.29, 1.82) is 0 Å². The molecule has 2 amide bonds. The van der Waals surface area contributed by atoms with E-state index in [-0.39, 0.29) is 30.8 Å². The number of aryl methyl sites for hydroxylation is 1. The highest BCUT2D eigenvalue weighted by Crippen LogP contribution is 2.51. The van der Waals surface area contributed by atoms with Crippen LogP contribution in [0.3, 0.4) is 0 Å². The van der Waals surface area contributed by atoms with E-state index in [4.69, 9.17) is 4.42 Å². The van der Waals surface area contributed by atoms with E-state index in [0.717, 1.165) is 16.7 Å². The molecule has 0 bridgehead atoms. The molecule has 2 heterocycles. The van der Waals surface area contributed by atoms with Crippen molar-refractivity contribution in [1.82, 2.24) is 10.2 Å². The van der Waals surface area contributed by atoms with E-state index in [1.165, 1.54) is 12.1 Å². The Kier molecular flexibility index (Phi) is 5.91. The van der Waals surface area contributed by atoms with Crippen molar-refractivity contribution in [3.63, 3.8) is 0 Å². The van der Waals surface area contributed by atoms with Gasteiger partial charge in [0.15, 0.2) is 11.5 Å². The van der Waals surface area contributed by atoms with Gasteiger partial charge in [0, 0.05) is 18.7 Å². The SMILES string of the molecule is CC1(C)CC(=O)C2=C(C1)N(CCCc1ccccc1)C(=O)[C@@]2(NC(=O)c1ccco1)C(F)(F)F. The molecule has 6 nitrogen and oxygen atoms in total. The van der Waals surface area contributed by atoms with E-state index in [9.17, 15) is 27.6 Å². The lowest BCUT2D eigenvalue weighted by atomic mass is 9.72. The number of carbonyl (C=O) groups is 3. The number of halogens is 3. The highest BCUT2D eigenvalue weighted by atomic mass is 19.4. The molecule has 1 aliphatic carbocycles. The zero-order valence-corrected chi connectivity index (χ0v) is 18.9. The van der Waals surface area contributed by atoms with E-state index in [1.807, 2.05) is 35.6 Å². The van der Waals surface area contributed by atoms with Gasteiger partial charge in [0.2, 0.25) is 5.54 Å². The van der Waals surface area contributed by atoms with Crippen molar-refractivity contribution in [3.8, 4) is 0 Å². The molecule has 0 spiro atoms. The lowest BCUT2D eigenvalue weighted by Gasteiger charge is -2.35. The lowest BCUT2D eigenvalue weighted by molar-refractivity contribution is -0.190. The predicted octanol–water partition coefficient (Wildman–Crippen LogP) is 4.43. The molecule has 180 valence electrons. The highest BCUT2D eigenvalue weighted by Gasteiger charge is 2.71. The number of carbonyl (C=O) groups excluding carboxylic acids is 3. The van der Waals surface area contributed by atoms with E-state index in [1.54, 1.807) is 13.8 Å². The molecule has 34 heavy (non-hydrogen) atoms. The maximum absolute atomic E-state index is 14.7. The summed E-state index contributed by atoms with van der Waals surface area (Å²) in [5, 5.41) is 1.85. The molecule has 0 saturated heterocycles. The smallest absolute Gasteiger partial charge is 0.425 e. The van der Waals surface area contributed by atoms with Gasteiger partial charge in [-0.25, -0.2) is 0 Å². The molecule has 0 saturated carbocycles. The molecule has 2 aliphatic rings. The third-order valence-electron chi connectivity index (χ3n) is 6.28. The van der Waals surface area contributed by atoms with Gasteiger partial charge in [0.1, 0.15) is 0 Å². The summed E-state index contributed by atoms with van der Waals surface area (Å²) in [6, 6.07) is 11.9. The Morgan fingerprint density at radius 2 is 1.79 bits per heavy atom. The normalized spacial score (nSPS) is 22.2. The van der Waals surface area contributed by atoms with Gasteiger partial charge in [-0.3, -0.25) is 14.4 Å². The largest absolute Gasteiger partial charge is 0.459 e. The van der Waals surface area contributed by atoms with E-state index < -0.39 is 40.3 Å². The van der Waals surface area contributed by atoms with Gasteiger partial charge < -0.3 is 14.6 Å². The molecule has 4 rings (SSSR count). The summed E-state index contributed by atoms with van der Waals surface area (Å²) in [5.41, 5.74) is -3.73. The van der Waals surface area contributed by atoms with Crippen molar-refractivity contribution >= 4 is 17.6 Å². The summed E-state index contributed by atoms with van der Waals surface area (Å²) in [4.78, 5) is 40.3. The zero-order chi connectivity index (χ0) is 24.7. The van der Waals surface area contributed by atoms with Crippen LogP contribution < -0.4 is 5.32 Å². The number of nitrogens with one attached hydrogen (secondary N) is 1. The maximum atomic E-state index is 14.7. The average Bonchev–Trinajstić information content (AvgIpc) is 3.35. The Morgan fingerprint density at radius 3 is 2.41 bits per heavy atom. The van der Waals surface area contributed by atoms with E-state index in [2.05, 4.69) is 0 Å². The van der Waals surface area contributed by atoms with Crippen LogP contribution >= 0.6 is 0 Å². The van der Waals surface area contributed by atoms with Gasteiger partial charge in [-0.2, -0.15) is 13.2 Å². The summed E-state index contributed by atoms with van der Waals surface area (Å²) in [7, 11) is 0. The molecule has 0 fully saturated rings. The Hall–Kier alpha value is -3.36. The van der Waals surface area contributed by atoms with Gasteiger partial charge in [-0.1, -0.05) is 44.2 Å². The summed E-state index contributed by atoms with van der Waals surface area (Å²) in [5.74, 6) is -3.75. The second-order valence-corrected chi connectivity index (χ2v) is 9.49. The first-order valence-corrected chi connectivity index (χ1v) is 11.0. The predicted molar refractivity (Wildman–Crippen MR) is 116 cm³/mol. The summed E-state index contributed by atoms with van der Waals surface area (Å²) in [6.07, 6.45) is -3.21. The van der Waals surface area contributed by atoms with Crippen molar-refractivity contribution < 1.29 is 32.0 Å². The molecule has 1 atom stereocenters. The van der Waals surface area contributed by atoms with Crippen LogP contribution in [0.15, 0.2) is 64.4 Å². The molecule has 2 aromatic rings. The molecule has 1 N–H and O–H groups in total. The number of rotatable bonds is 6. The number of hydrogen-bond donors (Lipinski definition) is 1. The lowest BCUT2D eigenvalue weighted by Crippen LogP contribution is -2.66. The van der Waals surface area contributed by atoms with E-state index >= 15 is 0 Å². The van der Waals surface area contributed by atoms with Crippen molar-refractivity contribution in [2.45, 2.75) is 51.2 Å². The van der Waals surface area contributed by atoms with E-state index in [0.29, 0.717) is 12.8 Å². The van der Waals surface area contributed by atoms with Crippen LogP contribution in [-0.2, 0) is 16.0 Å². The Balaban J connectivity index is 1.74. The van der Waals surface area contributed by atoms with Crippen LogP contribution in [0, 0.1) is 5.41 Å². The third-order valence-corrected chi connectivity index (χ3v) is 6.28. The van der Waals surface area contributed by atoms with Gasteiger partial charge in [-0.05, 0) is 42.4 Å². The standard InChI is InChI=1S/C25H25F3N2O4/c1-23(2)14-17-20(18(31)15-23)24(25(26,27)28,29-21(32)19-11-7-13-34-19)22(33)30(17)12-6-10-16-8-4-3-5-9-16/h3-5,7-9,11,13H,6,10,12,14-15H2,1-2H3,(H,29,32)/t24-/m1/s1. The monoisotopic (exact) mass is 474 g/mol. The number of alkyl halides is 3. The number of amides is 2. The van der Waals surface area contributed by atoms with Crippen LogP contribution in [0.5, 0.6) is 0 Å². The average molecular weight is 474 g/mol. The first-order chi connectivity index (χ1) is 16.0. The number of Topliss-reactive ketones (excluding diaryl/α,β-unsaturated/α-hetero) is 1. The van der Waals surface area contributed by atoms with Gasteiger partial charge >= 0.3 is 6.18 Å². The number of allylic oxidation sites excluding steroid dienone is 1. The molecular formula is C25H25F3N2O4. The summed E-state index contributed by atoms with van der Waals surface area (Å²) >= 11 is 0. The Labute approximate surface area is 194 Å². The quantitative estimate of drug-likeness (QED) is 0.672. The van der Waals surface area contributed by atoms with Crippen LogP contribution in [-0.4, -0.2) is 40.8 Å². The molecule has 1 aromatic heterocycles. The molecule has 0 radical (unpaired) electrons. The topological polar surface area (TPSA) is 79.6 Å². The number of nitrogens with zero attached hydrogens (tertiary/aromatic N) is 1. The van der Waals surface area contributed by atoms with Crippen LogP contribution in [0.1, 0.15) is 49.2 Å². The first-order valence-electron chi connectivity index (χ1n) is 11.0. The zero-order valence-electron chi connectivity index (χ0n) is 18.9. The molecule has 0 unspecified atom stereocenters. The van der Waals surface area contributed by atoms with Crippen molar-refractivity contribution in [2.75, 3.05) is 6.54 Å². The third kappa shape index (κ3) is 4.03. The van der Waals surface area contributed by atoms with Gasteiger partial charge in [0.05, 0.1) is 11.8 Å². The minimum Gasteiger partial charge on any atom is -0.459 e. The first kappa shape index (κ1) is 23.8. The van der Waals surface area contributed by atoms with Crippen LogP contribution in [0.4, 0.5) is 13.2 Å². The number of hydrogen-bond acceptors (Lipinski definition) is 4. The minimum atomic E-state index is -5.24. The Morgan fingerprint density at radius 1 is 1.09 bits per heavy atom. The fourth-order valence-electron chi connectivity index (χ4n) is 4.79. The van der Waals surface area contributed by atoms with Crippen molar-refractivity contribution in [3.05, 3.63) is 71.3 Å². The maximum Gasteiger partial charge on any atom is 0.425 e. The fourth-order valence-corrected chi connectivity index (χ4v) is 4.79. The van der Waals surface area contributed by atoms with Crippen LogP contribution in [0.2, 0.25) is 0 Å².